The molecule has 4 heteroatoms. The van der Waals surface area contributed by atoms with E-state index in [1.165, 1.54) is 11.3 Å². The minimum atomic E-state index is -0.254. The number of hydrogen-bond donors (Lipinski definition) is 0. The average Bonchev–Trinajstić information content (AvgIpc) is 2.89. The molecule has 1 aliphatic rings. The third-order valence-electron chi connectivity index (χ3n) is 3.69. The fourth-order valence-corrected chi connectivity index (χ4v) is 3.57. The molecule has 1 aliphatic carbocycles. The lowest BCUT2D eigenvalue weighted by atomic mass is 9.98. The van der Waals surface area contributed by atoms with Crippen LogP contribution in [0.4, 0.5) is 0 Å². The molecule has 0 saturated heterocycles. The van der Waals surface area contributed by atoms with Crippen LogP contribution < -0.4 is 0 Å². The van der Waals surface area contributed by atoms with E-state index in [0.29, 0.717) is 6.61 Å². The van der Waals surface area contributed by atoms with Crippen LogP contribution in [-0.2, 0) is 28.8 Å². The maximum atomic E-state index is 12.6. The molecule has 1 aromatic heterocycles. The van der Waals surface area contributed by atoms with E-state index in [4.69, 9.17) is 4.74 Å². The summed E-state index contributed by atoms with van der Waals surface area (Å²) in [5.74, 6) is -0.173. The Labute approximate surface area is 127 Å². The minimum Gasteiger partial charge on any atom is -0.466 e. The van der Waals surface area contributed by atoms with E-state index in [0.717, 1.165) is 40.0 Å². The number of thiophene rings is 1. The third kappa shape index (κ3) is 2.76. The van der Waals surface area contributed by atoms with Crippen molar-refractivity contribution in [3.05, 3.63) is 56.8 Å². The number of carbonyl (C=O) groups is 2. The first-order valence-electron chi connectivity index (χ1n) is 7.07. The molecule has 0 radical (unpaired) electrons. The van der Waals surface area contributed by atoms with E-state index in [-0.39, 0.29) is 18.2 Å². The van der Waals surface area contributed by atoms with E-state index in [1.807, 2.05) is 29.6 Å². The highest BCUT2D eigenvalue weighted by Crippen LogP contribution is 2.28. The second-order valence-corrected chi connectivity index (χ2v) is 5.99. The van der Waals surface area contributed by atoms with Crippen LogP contribution in [-0.4, -0.2) is 18.4 Å². The predicted molar refractivity (Wildman–Crippen MR) is 81.9 cm³/mol. The summed E-state index contributed by atoms with van der Waals surface area (Å²) in [4.78, 5) is 25.1. The molecule has 1 aromatic carbocycles. The van der Waals surface area contributed by atoms with Crippen molar-refractivity contribution < 1.29 is 14.3 Å². The number of ether oxygens (including phenoxy) is 1. The molecule has 21 heavy (non-hydrogen) atoms. The zero-order valence-electron chi connectivity index (χ0n) is 11.8. The molecule has 0 saturated carbocycles. The van der Waals surface area contributed by atoms with Crippen molar-refractivity contribution in [3.63, 3.8) is 0 Å². The van der Waals surface area contributed by atoms with Crippen LogP contribution in [0.25, 0.3) is 0 Å². The molecule has 0 aliphatic heterocycles. The van der Waals surface area contributed by atoms with Gasteiger partial charge in [0.1, 0.15) is 0 Å². The smallest absolute Gasteiger partial charge is 0.310 e. The molecule has 2 aromatic rings. The Morgan fingerprint density at radius 3 is 2.86 bits per heavy atom. The van der Waals surface area contributed by atoms with Crippen LogP contribution in [0.2, 0.25) is 0 Å². The number of carbonyl (C=O) groups excluding carboxylic acids is 2. The van der Waals surface area contributed by atoms with Crippen molar-refractivity contribution in [2.24, 2.45) is 0 Å². The van der Waals surface area contributed by atoms with Gasteiger partial charge in [0, 0.05) is 5.56 Å². The molecule has 0 bridgehead atoms. The lowest BCUT2D eigenvalue weighted by molar-refractivity contribution is -0.142. The first kappa shape index (κ1) is 14.0. The van der Waals surface area contributed by atoms with Crippen LogP contribution in [0, 0.1) is 0 Å². The van der Waals surface area contributed by atoms with Gasteiger partial charge in [0.2, 0.25) is 5.78 Å². The SMILES string of the molecule is CCOC(=O)Cc1ccc2c(c1)C(=O)c1sccc1CC2. The van der Waals surface area contributed by atoms with Crippen molar-refractivity contribution >= 4 is 23.1 Å². The van der Waals surface area contributed by atoms with E-state index >= 15 is 0 Å². The molecule has 1 heterocycles. The number of rotatable bonds is 3. The second-order valence-electron chi connectivity index (χ2n) is 5.08. The van der Waals surface area contributed by atoms with Gasteiger partial charge in [0.05, 0.1) is 17.9 Å². The van der Waals surface area contributed by atoms with Gasteiger partial charge in [-0.1, -0.05) is 12.1 Å². The van der Waals surface area contributed by atoms with Crippen molar-refractivity contribution in [3.8, 4) is 0 Å². The number of hydrogen-bond acceptors (Lipinski definition) is 4. The summed E-state index contributed by atoms with van der Waals surface area (Å²) in [6.07, 6.45) is 1.98. The summed E-state index contributed by atoms with van der Waals surface area (Å²) in [6.45, 7) is 2.16. The molecule has 0 unspecified atom stereocenters. The van der Waals surface area contributed by atoms with Crippen molar-refractivity contribution in [2.75, 3.05) is 6.61 Å². The lowest BCUT2D eigenvalue weighted by Gasteiger charge is -2.08. The zero-order chi connectivity index (χ0) is 14.8. The highest BCUT2D eigenvalue weighted by Gasteiger charge is 2.22. The summed E-state index contributed by atoms with van der Waals surface area (Å²) in [5.41, 5.74) is 3.77. The Hall–Kier alpha value is -1.94. The van der Waals surface area contributed by atoms with Crippen LogP contribution in [0.3, 0.4) is 0 Å². The van der Waals surface area contributed by atoms with Gasteiger partial charge in [-0.05, 0) is 54.0 Å². The predicted octanol–water partition coefficient (Wildman–Crippen LogP) is 3.18. The normalized spacial score (nSPS) is 13.3. The summed E-state index contributed by atoms with van der Waals surface area (Å²) in [6, 6.07) is 7.77. The maximum absolute atomic E-state index is 12.6. The number of ketones is 1. The van der Waals surface area contributed by atoms with Crippen molar-refractivity contribution in [2.45, 2.75) is 26.2 Å². The zero-order valence-corrected chi connectivity index (χ0v) is 12.7. The van der Waals surface area contributed by atoms with Gasteiger partial charge in [0.15, 0.2) is 0 Å². The molecule has 0 fully saturated rings. The standard InChI is InChI=1S/C17H16O3S/c1-2-20-15(18)10-11-3-4-12-5-6-13-7-8-21-17(13)16(19)14(12)9-11/h3-4,7-9H,2,5-6,10H2,1H3. The molecule has 0 atom stereocenters. The molecule has 0 spiro atoms. The monoisotopic (exact) mass is 300 g/mol. The first-order valence-corrected chi connectivity index (χ1v) is 7.95. The summed E-state index contributed by atoms with van der Waals surface area (Å²) in [7, 11) is 0. The maximum Gasteiger partial charge on any atom is 0.310 e. The lowest BCUT2D eigenvalue weighted by Crippen LogP contribution is -2.09. The Morgan fingerprint density at radius 1 is 1.24 bits per heavy atom. The first-order chi connectivity index (χ1) is 10.2. The topological polar surface area (TPSA) is 43.4 Å². The van der Waals surface area contributed by atoms with Crippen molar-refractivity contribution in [1.82, 2.24) is 0 Å². The molecule has 0 amide bonds. The summed E-state index contributed by atoms with van der Waals surface area (Å²) >= 11 is 1.50. The Morgan fingerprint density at radius 2 is 2.05 bits per heavy atom. The van der Waals surface area contributed by atoms with Gasteiger partial charge in [-0.25, -0.2) is 0 Å². The molecule has 108 valence electrons. The molecular weight excluding hydrogens is 284 g/mol. The molecular formula is C17H16O3S. The average molecular weight is 300 g/mol. The van der Waals surface area contributed by atoms with E-state index in [2.05, 4.69) is 0 Å². The molecule has 3 rings (SSSR count). The quantitative estimate of drug-likeness (QED) is 0.818. The fraction of sp³-hybridized carbons (Fsp3) is 0.294. The van der Waals surface area contributed by atoms with Crippen LogP contribution in [0.5, 0.6) is 0 Å². The van der Waals surface area contributed by atoms with Gasteiger partial charge >= 0.3 is 5.97 Å². The minimum absolute atomic E-state index is 0.0817. The number of fused-ring (bicyclic) bond motifs is 2. The van der Waals surface area contributed by atoms with Crippen LogP contribution >= 0.6 is 11.3 Å². The van der Waals surface area contributed by atoms with Crippen molar-refractivity contribution in [1.29, 1.82) is 0 Å². The van der Waals surface area contributed by atoms with Gasteiger partial charge in [-0.15, -0.1) is 11.3 Å². The third-order valence-corrected chi connectivity index (χ3v) is 4.64. The summed E-state index contributed by atoms with van der Waals surface area (Å²) < 4.78 is 4.96. The molecule has 0 N–H and O–H groups in total. The fourth-order valence-electron chi connectivity index (χ4n) is 2.67. The number of benzene rings is 1. The Balaban J connectivity index is 1.93. The van der Waals surface area contributed by atoms with Gasteiger partial charge in [-0.3, -0.25) is 9.59 Å². The largest absolute Gasteiger partial charge is 0.466 e. The Bertz CT molecular complexity index is 700. The van der Waals surface area contributed by atoms with Gasteiger partial charge in [0.25, 0.3) is 0 Å². The summed E-state index contributed by atoms with van der Waals surface area (Å²) in [5, 5.41) is 1.97. The van der Waals surface area contributed by atoms with Crippen LogP contribution in [0.15, 0.2) is 29.6 Å². The van der Waals surface area contributed by atoms with Crippen LogP contribution in [0.1, 0.15) is 38.8 Å². The number of aryl methyl sites for hydroxylation is 2. The molecule has 3 nitrogen and oxygen atoms in total. The Kier molecular flexibility index (Phi) is 3.88. The van der Waals surface area contributed by atoms with E-state index in [9.17, 15) is 9.59 Å². The van der Waals surface area contributed by atoms with Gasteiger partial charge < -0.3 is 4.74 Å². The van der Waals surface area contributed by atoms with E-state index < -0.39 is 0 Å². The van der Waals surface area contributed by atoms with E-state index in [1.54, 1.807) is 6.92 Å². The highest BCUT2D eigenvalue weighted by atomic mass is 32.1. The van der Waals surface area contributed by atoms with Gasteiger partial charge in [-0.2, -0.15) is 0 Å². The second kappa shape index (κ2) is 5.82. The highest BCUT2D eigenvalue weighted by molar-refractivity contribution is 7.12. The number of esters is 1.